The summed E-state index contributed by atoms with van der Waals surface area (Å²) in [6.07, 6.45) is 0.686. The first kappa shape index (κ1) is 37.2. The summed E-state index contributed by atoms with van der Waals surface area (Å²) in [4.78, 5) is 32.5. The van der Waals surface area contributed by atoms with Gasteiger partial charge in [-0.15, -0.1) is 0 Å². The van der Waals surface area contributed by atoms with Crippen molar-refractivity contribution < 1.29 is 28.7 Å². The molecule has 4 rings (SSSR count). The number of esters is 1. The van der Waals surface area contributed by atoms with Gasteiger partial charge in [0, 0.05) is 48.4 Å². The first-order chi connectivity index (χ1) is 22.1. The van der Waals surface area contributed by atoms with Gasteiger partial charge in [-0.1, -0.05) is 59.7 Å². The van der Waals surface area contributed by atoms with Crippen LogP contribution in [0.25, 0.3) is 33.4 Å². The lowest BCUT2D eigenvalue weighted by Crippen LogP contribution is -2.45. The van der Waals surface area contributed by atoms with Crippen molar-refractivity contribution in [3.8, 4) is 28.2 Å². The summed E-state index contributed by atoms with van der Waals surface area (Å²) in [7, 11) is 6.65. The number of fused-ring (bicyclic) bond motifs is 2. The maximum absolute atomic E-state index is 13.7. The van der Waals surface area contributed by atoms with Crippen LogP contribution in [0.2, 0.25) is 0 Å². The third kappa shape index (κ3) is 8.58. The Morgan fingerprint density at radius 3 is 2.19 bits per heavy atom. The zero-order valence-corrected chi connectivity index (χ0v) is 29.8. The number of hydrogen-bond donors (Lipinski definition) is 3. The number of amides is 1. The smallest absolute Gasteiger partial charge is 0.312 e. The van der Waals surface area contributed by atoms with E-state index in [9.17, 15) is 9.59 Å². The van der Waals surface area contributed by atoms with Crippen molar-refractivity contribution in [3.63, 3.8) is 0 Å². The van der Waals surface area contributed by atoms with Gasteiger partial charge in [0.1, 0.15) is 32.0 Å². The molecule has 1 atom stereocenters. The van der Waals surface area contributed by atoms with Gasteiger partial charge in [0.25, 0.3) is 5.91 Å². The number of rotatable bonds is 9. The summed E-state index contributed by atoms with van der Waals surface area (Å²) in [5.41, 5.74) is 5.36. The summed E-state index contributed by atoms with van der Waals surface area (Å²) in [6.45, 7) is 14.8. The molecule has 0 saturated heterocycles. The van der Waals surface area contributed by atoms with E-state index in [-0.39, 0.29) is 35.9 Å². The van der Waals surface area contributed by atoms with Gasteiger partial charge in [-0.25, -0.2) is 4.58 Å². The van der Waals surface area contributed by atoms with E-state index in [4.69, 9.17) is 19.1 Å². The quantitative estimate of drug-likeness (QED) is 0.0661. The Balaban J connectivity index is 0.00000294. The summed E-state index contributed by atoms with van der Waals surface area (Å²) < 4.78 is 14.2. The monoisotopic (exact) mass is 646 g/mol. The fourth-order valence-corrected chi connectivity index (χ4v) is 5.77. The van der Waals surface area contributed by atoms with Gasteiger partial charge in [0.05, 0.1) is 18.0 Å². The van der Waals surface area contributed by atoms with Crippen LogP contribution < -0.4 is 25.6 Å². The van der Waals surface area contributed by atoms with Crippen LogP contribution in [0.15, 0.2) is 65.1 Å². The van der Waals surface area contributed by atoms with Crippen molar-refractivity contribution in [2.24, 2.45) is 16.2 Å². The van der Waals surface area contributed by atoms with Crippen molar-refractivity contribution in [1.82, 2.24) is 15.4 Å². The van der Waals surface area contributed by atoms with Crippen molar-refractivity contribution >= 4 is 22.8 Å². The SMILES string of the molecule is CNOc1ccc2c(-c3ccccc3C(=O)NCCOC(=O)C(C)(CC(C)(C)C)C(C)(C)C)c3ccc(=[N+](C)C)cc-3oc2c1.CO. The molecule has 1 heterocycles. The van der Waals surface area contributed by atoms with Crippen LogP contribution in [0.1, 0.15) is 65.2 Å². The van der Waals surface area contributed by atoms with Gasteiger partial charge in [-0.05, 0) is 54.0 Å². The van der Waals surface area contributed by atoms with E-state index in [1.165, 1.54) is 0 Å². The molecule has 9 heteroatoms. The van der Waals surface area contributed by atoms with Crippen LogP contribution in [0.4, 0.5) is 0 Å². The number of nitrogens with one attached hydrogen (secondary N) is 2. The lowest BCUT2D eigenvalue weighted by Gasteiger charge is -2.43. The van der Waals surface area contributed by atoms with E-state index in [2.05, 4.69) is 52.3 Å². The Morgan fingerprint density at radius 1 is 0.894 bits per heavy atom. The molecule has 1 aliphatic carbocycles. The molecular weight excluding hydrogens is 594 g/mol. The summed E-state index contributed by atoms with van der Waals surface area (Å²) in [5.74, 6) is 0.791. The molecule has 9 nitrogen and oxygen atoms in total. The molecule has 2 aromatic carbocycles. The lowest BCUT2D eigenvalue weighted by molar-refractivity contribution is -0.164. The molecule has 0 spiro atoms. The molecule has 2 aromatic rings. The van der Waals surface area contributed by atoms with Crippen LogP contribution in [-0.2, 0) is 9.53 Å². The standard InChI is InChI=1S/C37H47N3O5.CH4O/c1-35(2,3)23-37(7,36(4,5)6)34(42)43-20-19-39-33(41)27-14-12-11-13-26(27)32-28-17-15-24(40(9)10)21-30(28)44-31-22-25(45-38-8)16-18-29(31)32;1-2/h11-18,21-22,38H,19-20,23H2,1-10H3;2H,1H3/p+1. The molecule has 254 valence electrons. The van der Waals surface area contributed by atoms with Crippen LogP contribution in [0, 0.1) is 16.2 Å². The van der Waals surface area contributed by atoms with E-state index in [1.54, 1.807) is 7.05 Å². The van der Waals surface area contributed by atoms with Gasteiger partial charge in [0.2, 0.25) is 5.36 Å². The third-order valence-electron chi connectivity index (χ3n) is 8.46. The van der Waals surface area contributed by atoms with Crippen molar-refractivity contribution in [2.75, 3.05) is 41.4 Å². The van der Waals surface area contributed by atoms with E-state index in [0.29, 0.717) is 29.1 Å². The Labute approximate surface area is 278 Å². The molecule has 0 saturated carbocycles. The predicted molar refractivity (Wildman–Crippen MR) is 188 cm³/mol. The molecule has 0 aromatic heterocycles. The summed E-state index contributed by atoms with van der Waals surface area (Å²) in [5, 5.41) is 11.8. The molecule has 1 aliphatic heterocycles. The van der Waals surface area contributed by atoms with Crippen molar-refractivity contribution in [1.29, 1.82) is 0 Å². The Morgan fingerprint density at radius 2 is 1.57 bits per heavy atom. The van der Waals surface area contributed by atoms with E-state index >= 15 is 0 Å². The van der Waals surface area contributed by atoms with Crippen molar-refractivity contribution in [3.05, 3.63) is 71.6 Å². The molecule has 3 N–H and O–H groups in total. The molecule has 47 heavy (non-hydrogen) atoms. The predicted octanol–water partition coefficient (Wildman–Crippen LogP) is 6.12. The summed E-state index contributed by atoms with van der Waals surface area (Å²) >= 11 is 0. The number of benzene rings is 3. The largest absolute Gasteiger partial charge is 0.463 e. The minimum atomic E-state index is -0.674. The Bertz CT molecular complexity index is 1740. The van der Waals surface area contributed by atoms with E-state index < -0.39 is 5.41 Å². The summed E-state index contributed by atoms with van der Waals surface area (Å²) in [6, 6.07) is 19.2. The molecule has 1 unspecified atom stereocenters. The zero-order valence-electron chi connectivity index (χ0n) is 29.8. The maximum Gasteiger partial charge on any atom is 0.312 e. The maximum atomic E-state index is 13.7. The molecule has 0 fully saturated rings. The van der Waals surface area contributed by atoms with Gasteiger partial charge in [-0.2, -0.15) is 5.48 Å². The number of hydrogen-bond acceptors (Lipinski definition) is 7. The number of ether oxygens (including phenoxy) is 1. The minimum Gasteiger partial charge on any atom is -0.463 e. The second-order valence-electron chi connectivity index (χ2n) is 14.3. The minimum absolute atomic E-state index is 0.0481. The number of aliphatic hydroxyl groups is 1. The number of hydroxylamine groups is 1. The number of nitrogens with zero attached hydrogens (tertiary/aromatic N) is 1. The topological polar surface area (TPSA) is 113 Å². The third-order valence-corrected chi connectivity index (χ3v) is 8.46. The molecule has 0 radical (unpaired) electrons. The lowest BCUT2D eigenvalue weighted by atomic mass is 9.61. The van der Waals surface area contributed by atoms with Gasteiger partial charge in [0.15, 0.2) is 5.75 Å². The zero-order chi connectivity index (χ0) is 35.2. The molecule has 2 aliphatic rings. The second kappa shape index (κ2) is 15.1. The fourth-order valence-electron chi connectivity index (χ4n) is 5.77. The Hall–Kier alpha value is -4.21. The first-order valence-corrected chi connectivity index (χ1v) is 15.9. The number of aliphatic hydroxyl groups excluding tert-OH is 1. The fraction of sp³-hybridized carbons (Fsp3) is 0.447. The van der Waals surface area contributed by atoms with Crippen LogP contribution >= 0.6 is 0 Å². The van der Waals surface area contributed by atoms with Gasteiger partial charge < -0.3 is 24.4 Å². The first-order valence-electron chi connectivity index (χ1n) is 15.9. The number of carbonyl (C=O) groups excluding carboxylic acids is 2. The second-order valence-corrected chi connectivity index (χ2v) is 14.3. The highest BCUT2D eigenvalue weighted by molar-refractivity contribution is 6.09. The Kier molecular flexibility index (Phi) is 12.0. The van der Waals surface area contributed by atoms with Gasteiger partial charge >= 0.3 is 5.97 Å². The highest BCUT2D eigenvalue weighted by Crippen LogP contribution is 2.47. The number of carbonyl (C=O) groups is 2. The van der Waals surface area contributed by atoms with Gasteiger partial charge in [-0.3, -0.25) is 9.59 Å². The van der Waals surface area contributed by atoms with E-state index in [1.807, 2.05) is 86.3 Å². The van der Waals surface area contributed by atoms with Crippen LogP contribution in [0.3, 0.4) is 0 Å². The highest BCUT2D eigenvalue weighted by Gasteiger charge is 2.47. The van der Waals surface area contributed by atoms with Crippen LogP contribution in [0.5, 0.6) is 5.75 Å². The molecule has 0 bridgehead atoms. The highest BCUT2D eigenvalue weighted by atomic mass is 16.6. The molecular formula is C38H52N3O6+. The average Bonchev–Trinajstić information content (AvgIpc) is 3.01. The van der Waals surface area contributed by atoms with Crippen molar-refractivity contribution in [2.45, 2.75) is 54.9 Å². The average molecular weight is 647 g/mol. The molecule has 1 amide bonds. The van der Waals surface area contributed by atoms with Crippen LogP contribution in [-0.4, -0.2) is 58.4 Å². The van der Waals surface area contributed by atoms with E-state index in [0.717, 1.165) is 34.5 Å². The normalized spacial score (nSPS) is 12.9.